The number of anilines is 1. The zero-order valence-corrected chi connectivity index (χ0v) is 24.2. The van der Waals surface area contributed by atoms with E-state index in [1.807, 2.05) is 0 Å². The van der Waals surface area contributed by atoms with Crippen molar-refractivity contribution >= 4 is 62.3 Å². The third-order valence-corrected chi connectivity index (χ3v) is 8.68. The molecule has 0 aromatic heterocycles. The van der Waals surface area contributed by atoms with Crippen molar-refractivity contribution in [2.75, 3.05) is 17.4 Å². The van der Waals surface area contributed by atoms with Crippen molar-refractivity contribution in [3.8, 4) is 0 Å². The maximum Gasteiger partial charge on any atom is 0.264 e. The van der Waals surface area contributed by atoms with Crippen molar-refractivity contribution in [2.45, 2.75) is 38.3 Å². The fourth-order valence-corrected chi connectivity index (χ4v) is 6.02. The topological polar surface area (TPSA) is 86.8 Å². The van der Waals surface area contributed by atoms with Crippen LogP contribution in [0, 0.1) is 6.92 Å². The number of amides is 2. The van der Waals surface area contributed by atoms with E-state index in [2.05, 4.69) is 5.32 Å². The molecule has 11 heteroatoms. The standard InChI is InChI=1S/C27H28Cl3N3O4S/c1-4-31-27(35)19(3)32(16-22-23(29)11-8-12-24(22)30)26(34)17-33(25-15-20(28)14-13-18(25)2)38(36,37)21-9-6-5-7-10-21/h5-15,19H,4,16-17H2,1-3H3,(H,31,35). The number of halogens is 3. The van der Waals surface area contributed by atoms with Gasteiger partial charge in [-0.1, -0.05) is 65.1 Å². The van der Waals surface area contributed by atoms with Gasteiger partial charge in [-0.15, -0.1) is 0 Å². The average Bonchev–Trinajstić information content (AvgIpc) is 2.88. The van der Waals surface area contributed by atoms with E-state index in [-0.39, 0.29) is 17.1 Å². The van der Waals surface area contributed by atoms with Gasteiger partial charge in [-0.05, 0) is 62.7 Å². The number of carbonyl (C=O) groups is 2. The van der Waals surface area contributed by atoms with Crippen LogP contribution in [0.3, 0.4) is 0 Å². The van der Waals surface area contributed by atoms with Crippen molar-refractivity contribution in [2.24, 2.45) is 0 Å². The van der Waals surface area contributed by atoms with Crippen molar-refractivity contribution in [1.82, 2.24) is 10.2 Å². The highest BCUT2D eigenvalue weighted by molar-refractivity contribution is 7.92. The fourth-order valence-electron chi connectivity index (χ4n) is 3.84. The summed E-state index contributed by atoms with van der Waals surface area (Å²) in [5.41, 5.74) is 1.28. The minimum Gasteiger partial charge on any atom is -0.355 e. The highest BCUT2D eigenvalue weighted by Crippen LogP contribution is 2.31. The summed E-state index contributed by atoms with van der Waals surface area (Å²) in [6.07, 6.45) is 0. The lowest BCUT2D eigenvalue weighted by Gasteiger charge is -2.32. The minimum absolute atomic E-state index is 0.00430. The molecule has 0 spiro atoms. The smallest absolute Gasteiger partial charge is 0.264 e. The first-order chi connectivity index (χ1) is 18.0. The molecule has 2 amide bonds. The Bertz CT molecular complexity index is 1400. The minimum atomic E-state index is -4.19. The summed E-state index contributed by atoms with van der Waals surface area (Å²) >= 11 is 19.0. The third-order valence-electron chi connectivity index (χ3n) is 5.96. The number of sulfonamides is 1. The zero-order chi connectivity index (χ0) is 28.0. The van der Waals surface area contributed by atoms with Crippen molar-refractivity contribution < 1.29 is 18.0 Å². The van der Waals surface area contributed by atoms with Gasteiger partial charge in [0.05, 0.1) is 10.6 Å². The van der Waals surface area contributed by atoms with E-state index in [4.69, 9.17) is 34.8 Å². The van der Waals surface area contributed by atoms with Gasteiger partial charge in [0.15, 0.2) is 0 Å². The molecule has 1 N–H and O–H groups in total. The second-order valence-electron chi connectivity index (χ2n) is 8.55. The molecule has 0 radical (unpaired) electrons. The van der Waals surface area contributed by atoms with Crippen LogP contribution < -0.4 is 9.62 Å². The highest BCUT2D eigenvalue weighted by atomic mass is 35.5. The Hall–Kier alpha value is -2.78. The Morgan fingerprint density at radius 1 is 0.947 bits per heavy atom. The van der Waals surface area contributed by atoms with Gasteiger partial charge in [0.25, 0.3) is 10.0 Å². The molecule has 0 aliphatic carbocycles. The molecule has 38 heavy (non-hydrogen) atoms. The van der Waals surface area contributed by atoms with Gasteiger partial charge in [0.2, 0.25) is 11.8 Å². The van der Waals surface area contributed by atoms with Gasteiger partial charge < -0.3 is 10.2 Å². The number of aryl methyl sites for hydroxylation is 1. The van der Waals surface area contributed by atoms with Crippen molar-refractivity contribution in [1.29, 1.82) is 0 Å². The molecule has 3 rings (SSSR count). The molecule has 0 saturated heterocycles. The summed E-state index contributed by atoms with van der Waals surface area (Å²) < 4.78 is 28.6. The molecular formula is C27H28Cl3N3O4S. The summed E-state index contributed by atoms with van der Waals surface area (Å²) in [5, 5.41) is 3.65. The summed E-state index contributed by atoms with van der Waals surface area (Å²) in [7, 11) is -4.19. The van der Waals surface area contributed by atoms with E-state index in [9.17, 15) is 18.0 Å². The monoisotopic (exact) mass is 595 g/mol. The van der Waals surface area contributed by atoms with Gasteiger partial charge in [0, 0.05) is 33.7 Å². The lowest BCUT2D eigenvalue weighted by Crippen LogP contribution is -2.51. The van der Waals surface area contributed by atoms with Crippen LogP contribution in [-0.4, -0.2) is 44.3 Å². The lowest BCUT2D eigenvalue weighted by molar-refractivity contribution is -0.139. The van der Waals surface area contributed by atoms with E-state index in [0.29, 0.717) is 32.7 Å². The second-order valence-corrected chi connectivity index (χ2v) is 11.7. The van der Waals surface area contributed by atoms with E-state index in [1.54, 1.807) is 69.3 Å². The molecule has 3 aromatic carbocycles. The fraction of sp³-hybridized carbons (Fsp3) is 0.259. The molecule has 1 unspecified atom stereocenters. The molecule has 0 fully saturated rings. The quantitative estimate of drug-likeness (QED) is 0.325. The summed E-state index contributed by atoms with van der Waals surface area (Å²) in [5.74, 6) is -1.03. The first kappa shape index (κ1) is 29.8. The van der Waals surface area contributed by atoms with Crippen LogP contribution >= 0.6 is 34.8 Å². The predicted molar refractivity (Wildman–Crippen MR) is 152 cm³/mol. The van der Waals surface area contributed by atoms with Crippen LogP contribution in [0.2, 0.25) is 15.1 Å². The van der Waals surface area contributed by atoms with Crippen LogP contribution in [0.4, 0.5) is 5.69 Å². The number of rotatable bonds is 10. The predicted octanol–water partition coefficient (Wildman–Crippen LogP) is 5.70. The Morgan fingerprint density at radius 3 is 2.18 bits per heavy atom. The number of hydrogen-bond donors (Lipinski definition) is 1. The number of likely N-dealkylation sites (N-methyl/N-ethyl adjacent to an activating group) is 1. The van der Waals surface area contributed by atoms with Crippen molar-refractivity contribution in [3.63, 3.8) is 0 Å². The largest absolute Gasteiger partial charge is 0.355 e. The Balaban J connectivity index is 2.10. The molecule has 1 atom stereocenters. The number of nitrogens with zero attached hydrogens (tertiary/aromatic N) is 2. The molecule has 0 aliphatic heterocycles. The van der Waals surface area contributed by atoms with Gasteiger partial charge in [-0.25, -0.2) is 8.42 Å². The average molecular weight is 597 g/mol. The number of benzene rings is 3. The van der Waals surface area contributed by atoms with Crippen molar-refractivity contribution in [3.05, 3.63) is 92.9 Å². The molecule has 0 saturated carbocycles. The van der Waals surface area contributed by atoms with E-state index >= 15 is 0 Å². The maximum absolute atomic E-state index is 13.9. The Morgan fingerprint density at radius 2 is 1.58 bits per heavy atom. The third kappa shape index (κ3) is 6.80. The maximum atomic E-state index is 13.9. The Kier molecular flexibility index (Phi) is 10.1. The van der Waals surface area contributed by atoms with Crippen LogP contribution in [0.1, 0.15) is 25.0 Å². The zero-order valence-electron chi connectivity index (χ0n) is 21.1. The number of carbonyl (C=O) groups excluding carboxylic acids is 2. The van der Waals surface area contributed by atoms with Gasteiger partial charge in [0.1, 0.15) is 12.6 Å². The number of hydrogen-bond acceptors (Lipinski definition) is 4. The second kappa shape index (κ2) is 12.8. The highest BCUT2D eigenvalue weighted by Gasteiger charge is 2.33. The molecule has 202 valence electrons. The molecule has 7 nitrogen and oxygen atoms in total. The van der Waals surface area contributed by atoms with Crippen LogP contribution in [0.25, 0.3) is 0 Å². The Labute approximate surface area is 238 Å². The van der Waals surface area contributed by atoms with E-state index in [1.165, 1.54) is 23.1 Å². The molecule has 3 aromatic rings. The summed E-state index contributed by atoms with van der Waals surface area (Å²) in [4.78, 5) is 28.0. The van der Waals surface area contributed by atoms with Gasteiger partial charge >= 0.3 is 0 Å². The lowest BCUT2D eigenvalue weighted by atomic mass is 10.1. The number of nitrogens with one attached hydrogen (secondary N) is 1. The summed E-state index contributed by atoms with van der Waals surface area (Å²) in [6, 6.07) is 16.6. The van der Waals surface area contributed by atoms with E-state index in [0.717, 1.165) is 4.31 Å². The van der Waals surface area contributed by atoms with Crippen LogP contribution in [0.5, 0.6) is 0 Å². The van der Waals surface area contributed by atoms with Crippen LogP contribution in [0.15, 0.2) is 71.6 Å². The molecule has 0 aliphatic rings. The molecule has 0 heterocycles. The molecular weight excluding hydrogens is 569 g/mol. The first-order valence-electron chi connectivity index (χ1n) is 11.8. The molecule has 0 bridgehead atoms. The van der Waals surface area contributed by atoms with Crippen LogP contribution in [-0.2, 0) is 26.2 Å². The summed E-state index contributed by atoms with van der Waals surface area (Å²) in [6.45, 7) is 4.70. The van der Waals surface area contributed by atoms with E-state index < -0.39 is 34.4 Å². The first-order valence-corrected chi connectivity index (χ1v) is 14.4. The van der Waals surface area contributed by atoms with Gasteiger partial charge in [-0.3, -0.25) is 13.9 Å². The van der Waals surface area contributed by atoms with Gasteiger partial charge in [-0.2, -0.15) is 0 Å². The SMILES string of the molecule is CCNC(=O)C(C)N(Cc1c(Cl)cccc1Cl)C(=O)CN(c1cc(Cl)ccc1C)S(=O)(=O)c1ccccc1. The normalized spacial score (nSPS) is 12.1.